The van der Waals surface area contributed by atoms with Crippen molar-refractivity contribution in [3.63, 3.8) is 0 Å². The lowest BCUT2D eigenvalue weighted by molar-refractivity contribution is -0.117. The number of nitrogens with one attached hydrogen (secondary N) is 1. The first-order chi connectivity index (χ1) is 13.7. The Kier molecular flexibility index (Phi) is 5.29. The minimum atomic E-state index is -0.262. The highest BCUT2D eigenvalue weighted by Crippen LogP contribution is 2.19. The zero-order chi connectivity index (χ0) is 19.3. The number of ether oxygens (including phenoxy) is 1. The van der Waals surface area contributed by atoms with Crippen LogP contribution < -0.4 is 10.2 Å². The molecule has 1 aromatic carbocycles. The molecule has 8 heteroatoms. The molecule has 1 N–H and O–H groups in total. The van der Waals surface area contributed by atoms with E-state index in [-0.39, 0.29) is 24.7 Å². The van der Waals surface area contributed by atoms with Crippen LogP contribution in [0.4, 0.5) is 5.82 Å². The Morgan fingerprint density at radius 3 is 2.68 bits per heavy atom. The topological polar surface area (TPSA) is 88.8 Å². The van der Waals surface area contributed by atoms with Gasteiger partial charge in [0.15, 0.2) is 11.4 Å². The number of carbonyl (C=O) groups excluding carboxylic acids is 2. The number of rotatable bonds is 6. The largest absolute Gasteiger partial charge is 0.378 e. The second-order valence-electron chi connectivity index (χ2n) is 6.57. The van der Waals surface area contributed by atoms with Crippen LogP contribution >= 0.6 is 0 Å². The van der Waals surface area contributed by atoms with Gasteiger partial charge >= 0.3 is 0 Å². The quantitative estimate of drug-likeness (QED) is 0.690. The average molecular weight is 379 g/mol. The minimum absolute atomic E-state index is 0.0350. The summed E-state index contributed by atoms with van der Waals surface area (Å²) < 4.78 is 7.19. The highest BCUT2D eigenvalue weighted by atomic mass is 16.5. The lowest BCUT2D eigenvalue weighted by Gasteiger charge is -2.29. The smallest absolute Gasteiger partial charge is 0.251 e. The van der Waals surface area contributed by atoms with E-state index in [9.17, 15) is 9.59 Å². The minimum Gasteiger partial charge on any atom is -0.378 e. The van der Waals surface area contributed by atoms with E-state index in [1.54, 1.807) is 35.0 Å². The normalized spacial score (nSPS) is 14.2. The molecule has 0 saturated carbocycles. The van der Waals surface area contributed by atoms with Crippen molar-refractivity contribution < 1.29 is 14.3 Å². The Balaban J connectivity index is 1.45. The summed E-state index contributed by atoms with van der Waals surface area (Å²) in [5.41, 5.74) is 1.89. The molecule has 1 fully saturated rings. The fourth-order valence-corrected chi connectivity index (χ4v) is 3.19. The summed E-state index contributed by atoms with van der Waals surface area (Å²) in [6, 6.07) is 12.5. The monoisotopic (exact) mass is 379 g/mol. The number of hydrogen-bond acceptors (Lipinski definition) is 6. The Morgan fingerprint density at radius 2 is 1.89 bits per heavy atom. The molecule has 0 aliphatic carbocycles. The summed E-state index contributed by atoms with van der Waals surface area (Å²) >= 11 is 0. The van der Waals surface area contributed by atoms with E-state index in [0.29, 0.717) is 30.1 Å². The molecule has 1 aliphatic rings. The maximum absolute atomic E-state index is 12.4. The van der Waals surface area contributed by atoms with Crippen LogP contribution in [0.3, 0.4) is 0 Å². The second kappa shape index (κ2) is 8.18. The first kappa shape index (κ1) is 18.1. The summed E-state index contributed by atoms with van der Waals surface area (Å²) in [4.78, 5) is 31.2. The molecule has 3 heterocycles. The number of ketones is 1. The molecule has 1 amide bonds. The molecular weight excluding hydrogens is 358 g/mol. The fourth-order valence-electron chi connectivity index (χ4n) is 3.19. The average Bonchev–Trinajstić information content (AvgIpc) is 3.21. The van der Waals surface area contributed by atoms with E-state index < -0.39 is 0 Å². The number of morpholine rings is 1. The van der Waals surface area contributed by atoms with Crippen LogP contribution in [-0.4, -0.2) is 59.1 Å². The van der Waals surface area contributed by atoms with Crippen LogP contribution in [0.15, 0.2) is 48.7 Å². The molecule has 2 aromatic heterocycles. The molecule has 1 aliphatic heterocycles. The third-order valence-electron chi connectivity index (χ3n) is 4.59. The van der Waals surface area contributed by atoms with E-state index in [4.69, 9.17) is 4.74 Å². The second-order valence-corrected chi connectivity index (χ2v) is 6.57. The van der Waals surface area contributed by atoms with Crippen molar-refractivity contribution in [3.05, 3.63) is 59.9 Å². The number of nitrogens with zero attached hydrogens (tertiary/aromatic N) is 4. The van der Waals surface area contributed by atoms with Gasteiger partial charge in [-0.15, -0.1) is 0 Å². The first-order valence-electron chi connectivity index (χ1n) is 9.22. The maximum Gasteiger partial charge on any atom is 0.251 e. The van der Waals surface area contributed by atoms with Gasteiger partial charge in [0.05, 0.1) is 38.1 Å². The van der Waals surface area contributed by atoms with Gasteiger partial charge in [0.2, 0.25) is 0 Å². The van der Waals surface area contributed by atoms with Crippen molar-refractivity contribution >= 4 is 23.2 Å². The van der Waals surface area contributed by atoms with Crippen molar-refractivity contribution in [2.45, 2.75) is 6.42 Å². The van der Waals surface area contributed by atoms with Gasteiger partial charge in [-0.05, 0) is 12.1 Å². The van der Waals surface area contributed by atoms with Gasteiger partial charge in [0.1, 0.15) is 5.82 Å². The molecule has 0 unspecified atom stereocenters. The van der Waals surface area contributed by atoms with E-state index in [2.05, 4.69) is 20.3 Å². The SMILES string of the molecule is O=C(CNC(=O)c1ccccc1)Cc1cc(N2CCOCC2)n2nccc2n1. The first-order valence-corrected chi connectivity index (χ1v) is 9.22. The Morgan fingerprint density at radius 1 is 1.11 bits per heavy atom. The third kappa shape index (κ3) is 4.01. The summed E-state index contributed by atoms with van der Waals surface area (Å²) in [6.45, 7) is 2.81. The number of benzene rings is 1. The van der Waals surface area contributed by atoms with E-state index in [0.717, 1.165) is 18.9 Å². The maximum atomic E-state index is 12.4. The molecule has 3 aromatic rings. The van der Waals surface area contributed by atoms with Crippen molar-refractivity contribution in [3.8, 4) is 0 Å². The Bertz CT molecular complexity index is 980. The molecule has 1 saturated heterocycles. The van der Waals surface area contributed by atoms with Gasteiger partial charge in [0.25, 0.3) is 5.91 Å². The van der Waals surface area contributed by atoms with E-state index in [1.807, 2.05) is 18.2 Å². The highest BCUT2D eigenvalue weighted by molar-refractivity contribution is 5.96. The van der Waals surface area contributed by atoms with Crippen molar-refractivity contribution in [2.24, 2.45) is 0 Å². The van der Waals surface area contributed by atoms with Gasteiger partial charge in [0, 0.05) is 30.8 Å². The molecule has 0 radical (unpaired) electrons. The lowest BCUT2D eigenvalue weighted by atomic mass is 10.2. The predicted octanol–water partition coefficient (Wildman–Crippen LogP) is 1.11. The molecule has 0 bridgehead atoms. The van der Waals surface area contributed by atoms with Crippen LogP contribution in [0.2, 0.25) is 0 Å². The van der Waals surface area contributed by atoms with Crippen LogP contribution in [-0.2, 0) is 16.0 Å². The fraction of sp³-hybridized carbons (Fsp3) is 0.300. The van der Waals surface area contributed by atoms with Gasteiger partial charge in [-0.25, -0.2) is 4.98 Å². The Labute approximate surface area is 162 Å². The zero-order valence-corrected chi connectivity index (χ0v) is 15.4. The van der Waals surface area contributed by atoms with Crippen molar-refractivity contribution in [1.82, 2.24) is 19.9 Å². The molecule has 0 atom stereocenters. The van der Waals surface area contributed by atoms with E-state index >= 15 is 0 Å². The number of hydrogen-bond donors (Lipinski definition) is 1. The summed E-state index contributed by atoms with van der Waals surface area (Å²) in [5, 5.41) is 7.01. The standard InChI is InChI=1S/C20H21N5O3/c26-17(14-21-20(27)15-4-2-1-3-5-15)12-16-13-19(24-8-10-28-11-9-24)25-18(23-16)6-7-22-25/h1-7,13H,8-12,14H2,(H,21,27). The third-order valence-corrected chi connectivity index (χ3v) is 4.59. The number of aromatic nitrogens is 3. The van der Waals surface area contributed by atoms with Gasteiger partial charge < -0.3 is 15.0 Å². The summed E-state index contributed by atoms with van der Waals surface area (Å²) in [5.74, 6) is 0.533. The molecule has 4 rings (SSSR count). The molecule has 8 nitrogen and oxygen atoms in total. The molecule has 144 valence electrons. The lowest BCUT2D eigenvalue weighted by Crippen LogP contribution is -2.37. The number of Topliss-reactive ketones (excluding diaryl/α,β-unsaturated/α-hetero) is 1. The van der Waals surface area contributed by atoms with Crippen LogP contribution in [0, 0.1) is 0 Å². The Hall–Kier alpha value is -3.26. The van der Waals surface area contributed by atoms with Crippen LogP contribution in [0.1, 0.15) is 16.1 Å². The van der Waals surface area contributed by atoms with Crippen LogP contribution in [0.5, 0.6) is 0 Å². The number of carbonyl (C=O) groups is 2. The van der Waals surface area contributed by atoms with Gasteiger partial charge in [-0.3, -0.25) is 9.59 Å². The van der Waals surface area contributed by atoms with Gasteiger partial charge in [-0.1, -0.05) is 18.2 Å². The molecular formula is C20H21N5O3. The van der Waals surface area contributed by atoms with Crippen LogP contribution in [0.25, 0.3) is 5.65 Å². The van der Waals surface area contributed by atoms with E-state index in [1.165, 1.54) is 0 Å². The predicted molar refractivity (Wildman–Crippen MR) is 104 cm³/mol. The van der Waals surface area contributed by atoms with Crippen molar-refractivity contribution in [1.29, 1.82) is 0 Å². The highest BCUT2D eigenvalue weighted by Gasteiger charge is 2.18. The zero-order valence-electron chi connectivity index (χ0n) is 15.4. The summed E-state index contributed by atoms with van der Waals surface area (Å²) in [6.07, 6.45) is 1.84. The molecule has 28 heavy (non-hydrogen) atoms. The van der Waals surface area contributed by atoms with Crippen molar-refractivity contribution in [2.75, 3.05) is 37.7 Å². The summed E-state index contributed by atoms with van der Waals surface area (Å²) in [7, 11) is 0. The molecule has 0 spiro atoms. The number of fused-ring (bicyclic) bond motifs is 1. The van der Waals surface area contributed by atoms with Gasteiger partial charge in [-0.2, -0.15) is 9.61 Å². The number of amides is 1. The number of anilines is 1.